The van der Waals surface area contributed by atoms with Crippen molar-refractivity contribution in [3.8, 4) is 11.5 Å². The number of amides is 1. The number of piperidine rings is 1. The molecule has 0 atom stereocenters. The van der Waals surface area contributed by atoms with Gasteiger partial charge in [0, 0.05) is 25.9 Å². The van der Waals surface area contributed by atoms with Gasteiger partial charge in [-0.2, -0.15) is 0 Å². The molecular formula is C15H17NO6. The minimum absolute atomic E-state index is 0.0143. The third-order valence-corrected chi connectivity index (χ3v) is 4.07. The lowest BCUT2D eigenvalue weighted by Crippen LogP contribution is -2.50. The van der Waals surface area contributed by atoms with E-state index in [1.54, 1.807) is 18.2 Å². The topological polar surface area (TPSA) is 96.3 Å². The molecular weight excluding hydrogens is 290 g/mol. The number of hydrogen-bond acceptors (Lipinski definition) is 5. The number of carboxylic acids is 1. The van der Waals surface area contributed by atoms with E-state index < -0.39 is 11.6 Å². The highest BCUT2D eigenvalue weighted by molar-refractivity contribution is 5.98. The van der Waals surface area contributed by atoms with Gasteiger partial charge in [-0.05, 0) is 12.1 Å². The molecule has 2 heterocycles. The molecule has 2 N–H and O–H groups in total. The fourth-order valence-corrected chi connectivity index (χ4v) is 2.71. The summed E-state index contributed by atoms with van der Waals surface area (Å²) in [6.45, 7) is 1.20. The number of benzene rings is 1. The number of likely N-dealkylation sites (tertiary alicyclic amines) is 1. The van der Waals surface area contributed by atoms with Crippen LogP contribution in [0.4, 0.5) is 0 Å². The summed E-state index contributed by atoms with van der Waals surface area (Å²) in [4.78, 5) is 25.2. The standard InChI is InChI=1S/C15H17NO6/c17-13(16-6-4-15(20,5-7-16)14(18)19)10-2-1-3-11-12(10)22-9-8-21-11/h1-3,20H,4-9H2,(H,18,19). The van der Waals surface area contributed by atoms with Crippen LogP contribution in [0.2, 0.25) is 0 Å². The predicted molar refractivity (Wildman–Crippen MR) is 75.2 cm³/mol. The van der Waals surface area contributed by atoms with Crippen molar-refractivity contribution in [2.24, 2.45) is 0 Å². The van der Waals surface area contributed by atoms with Crippen molar-refractivity contribution in [2.45, 2.75) is 18.4 Å². The summed E-state index contributed by atoms with van der Waals surface area (Å²) < 4.78 is 11.0. The first kappa shape index (κ1) is 14.6. The van der Waals surface area contributed by atoms with Crippen molar-refractivity contribution in [2.75, 3.05) is 26.3 Å². The van der Waals surface area contributed by atoms with Crippen LogP contribution >= 0.6 is 0 Å². The number of aliphatic hydroxyl groups is 1. The largest absolute Gasteiger partial charge is 0.486 e. The molecule has 0 saturated carbocycles. The van der Waals surface area contributed by atoms with Gasteiger partial charge < -0.3 is 24.6 Å². The molecule has 22 heavy (non-hydrogen) atoms. The van der Waals surface area contributed by atoms with Gasteiger partial charge in [-0.15, -0.1) is 0 Å². The number of ether oxygens (including phenoxy) is 2. The van der Waals surface area contributed by atoms with E-state index >= 15 is 0 Å². The summed E-state index contributed by atoms with van der Waals surface area (Å²) in [6.07, 6.45) is 0.0287. The van der Waals surface area contributed by atoms with E-state index in [1.165, 1.54) is 4.90 Å². The highest BCUT2D eigenvalue weighted by Crippen LogP contribution is 2.35. The summed E-state index contributed by atoms with van der Waals surface area (Å²) in [5, 5.41) is 18.9. The summed E-state index contributed by atoms with van der Waals surface area (Å²) >= 11 is 0. The van der Waals surface area contributed by atoms with Crippen molar-refractivity contribution < 1.29 is 29.3 Å². The van der Waals surface area contributed by atoms with Crippen LogP contribution in [-0.4, -0.2) is 58.9 Å². The number of nitrogens with zero attached hydrogens (tertiary/aromatic N) is 1. The summed E-state index contributed by atoms with van der Waals surface area (Å²) in [7, 11) is 0. The van der Waals surface area contributed by atoms with E-state index in [4.69, 9.17) is 14.6 Å². The number of hydrogen-bond donors (Lipinski definition) is 2. The lowest BCUT2D eigenvalue weighted by Gasteiger charge is -2.35. The second-order valence-electron chi connectivity index (χ2n) is 5.46. The first-order valence-corrected chi connectivity index (χ1v) is 7.15. The van der Waals surface area contributed by atoms with Crippen molar-refractivity contribution >= 4 is 11.9 Å². The Bertz CT molecular complexity index is 606. The molecule has 0 unspecified atom stereocenters. The van der Waals surface area contributed by atoms with Crippen LogP contribution < -0.4 is 9.47 Å². The third-order valence-electron chi connectivity index (χ3n) is 4.07. The molecule has 118 valence electrons. The van der Waals surface area contributed by atoms with Crippen molar-refractivity contribution in [3.63, 3.8) is 0 Å². The van der Waals surface area contributed by atoms with Gasteiger partial charge >= 0.3 is 5.97 Å². The Kier molecular flexibility index (Phi) is 3.66. The number of carboxylic acid groups (broad SMARTS) is 1. The smallest absolute Gasteiger partial charge is 0.335 e. The van der Waals surface area contributed by atoms with Gasteiger partial charge in [-0.3, -0.25) is 4.79 Å². The van der Waals surface area contributed by atoms with E-state index in [-0.39, 0.29) is 31.8 Å². The molecule has 1 aromatic carbocycles. The van der Waals surface area contributed by atoms with Crippen LogP contribution in [0.3, 0.4) is 0 Å². The fourth-order valence-electron chi connectivity index (χ4n) is 2.71. The normalized spacial score (nSPS) is 19.6. The lowest BCUT2D eigenvalue weighted by molar-refractivity contribution is -0.162. The van der Waals surface area contributed by atoms with Crippen LogP contribution in [0.1, 0.15) is 23.2 Å². The molecule has 0 aliphatic carbocycles. The Morgan fingerprint density at radius 3 is 2.50 bits per heavy atom. The molecule has 1 aromatic rings. The van der Waals surface area contributed by atoms with Gasteiger partial charge in [0.2, 0.25) is 0 Å². The minimum atomic E-state index is -1.74. The van der Waals surface area contributed by atoms with Gasteiger partial charge in [-0.1, -0.05) is 6.07 Å². The van der Waals surface area contributed by atoms with Gasteiger partial charge in [-0.25, -0.2) is 4.79 Å². The van der Waals surface area contributed by atoms with Crippen LogP contribution in [0, 0.1) is 0 Å². The molecule has 2 aliphatic heterocycles. The van der Waals surface area contributed by atoms with Crippen LogP contribution in [-0.2, 0) is 4.79 Å². The van der Waals surface area contributed by atoms with Gasteiger partial charge in [0.05, 0.1) is 5.56 Å². The molecule has 2 aliphatic rings. The number of fused-ring (bicyclic) bond motifs is 1. The first-order valence-electron chi connectivity index (χ1n) is 7.15. The van der Waals surface area contributed by atoms with E-state index in [9.17, 15) is 14.7 Å². The zero-order valence-corrected chi connectivity index (χ0v) is 11.9. The number of aliphatic carboxylic acids is 1. The number of para-hydroxylation sites is 1. The Hall–Kier alpha value is -2.28. The highest BCUT2D eigenvalue weighted by Gasteiger charge is 2.41. The van der Waals surface area contributed by atoms with Gasteiger partial charge in [0.1, 0.15) is 13.2 Å². The van der Waals surface area contributed by atoms with Gasteiger partial charge in [0.25, 0.3) is 5.91 Å². The van der Waals surface area contributed by atoms with E-state index in [0.29, 0.717) is 30.3 Å². The molecule has 7 heteroatoms. The van der Waals surface area contributed by atoms with Crippen molar-refractivity contribution in [1.29, 1.82) is 0 Å². The minimum Gasteiger partial charge on any atom is -0.486 e. The monoisotopic (exact) mass is 307 g/mol. The average Bonchev–Trinajstić information content (AvgIpc) is 2.54. The van der Waals surface area contributed by atoms with Crippen LogP contribution in [0.15, 0.2) is 18.2 Å². The second-order valence-corrected chi connectivity index (χ2v) is 5.46. The zero-order chi connectivity index (χ0) is 15.7. The average molecular weight is 307 g/mol. The molecule has 0 aromatic heterocycles. The number of carbonyl (C=O) groups excluding carboxylic acids is 1. The van der Waals surface area contributed by atoms with Crippen LogP contribution in [0.5, 0.6) is 11.5 Å². The molecule has 0 spiro atoms. The number of carbonyl (C=O) groups is 2. The maximum absolute atomic E-state index is 12.6. The maximum atomic E-state index is 12.6. The SMILES string of the molecule is O=C(c1cccc2c1OCCO2)N1CCC(O)(C(=O)O)CC1. The first-order chi connectivity index (χ1) is 10.5. The zero-order valence-electron chi connectivity index (χ0n) is 11.9. The molecule has 7 nitrogen and oxygen atoms in total. The molecule has 1 saturated heterocycles. The number of rotatable bonds is 2. The Morgan fingerprint density at radius 2 is 1.82 bits per heavy atom. The van der Waals surface area contributed by atoms with Crippen molar-refractivity contribution in [3.05, 3.63) is 23.8 Å². The second kappa shape index (κ2) is 5.49. The summed E-state index contributed by atoms with van der Waals surface area (Å²) in [6, 6.07) is 5.12. The molecule has 1 fully saturated rings. The molecule has 0 radical (unpaired) electrons. The molecule has 3 rings (SSSR count). The predicted octanol–water partition coefficient (Wildman–Crippen LogP) is 0.509. The Morgan fingerprint density at radius 1 is 1.14 bits per heavy atom. The van der Waals surface area contributed by atoms with E-state index in [2.05, 4.69) is 0 Å². The third kappa shape index (κ3) is 2.48. The van der Waals surface area contributed by atoms with Crippen LogP contribution in [0.25, 0.3) is 0 Å². The Balaban J connectivity index is 1.77. The molecule has 1 amide bonds. The fraction of sp³-hybridized carbons (Fsp3) is 0.467. The van der Waals surface area contributed by atoms with E-state index in [0.717, 1.165) is 0 Å². The van der Waals surface area contributed by atoms with E-state index in [1.807, 2.05) is 0 Å². The van der Waals surface area contributed by atoms with Gasteiger partial charge in [0.15, 0.2) is 17.1 Å². The quantitative estimate of drug-likeness (QED) is 0.826. The Labute approximate surface area is 127 Å². The van der Waals surface area contributed by atoms with Crippen molar-refractivity contribution in [1.82, 2.24) is 4.90 Å². The summed E-state index contributed by atoms with van der Waals surface area (Å²) in [5.74, 6) is -0.516. The lowest BCUT2D eigenvalue weighted by atomic mass is 9.91. The summed E-state index contributed by atoms with van der Waals surface area (Å²) in [5.41, 5.74) is -1.34. The maximum Gasteiger partial charge on any atom is 0.335 e. The highest BCUT2D eigenvalue weighted by atomic mass is 16.6. The molecule has 0 bridgehead atoms.